The summed E-state index contributed by atoms with van der Waals surface area (Å²) in [6.45, 7) is 12.3. The lowest BCUT2D eigenvalue weighted by Crippen LogP contribution is -2.78. The van der Waals surface area contributed by atoms with E-state index in [1.807, 2.05) is 57.2 Å². The second-order valence-corrected chi connectivity index (χ2v) is 23.7. The fraction of sp³-hybridized carbons (Fsp3) is 0.793. The van der Waals surface area contributed by atoms with Crippen molar-refractivity contribution < 1.29 is 96.7 Å². The highest BCUT2D eigenvalue weighted by molar-refractivity contribution is 5.88. The van der Waals surface area contributed by atoms with Gasteiger partial charge in [0.2, 0.25) is 0 Å². The van der Waals surface area contributed by atoms with Crippen LogP contribution in [-0.4, -0.2) is 199 Å². The highest BCUT2D eigenvalue weighted by atomic mass is 16.8. The molecule has 9 rings (SSSR count). The van der Waals surface area contributed by atoms with E-state index in [0.29, 0.717) is 38.5 Å². The summed E-state index contributed by atoms with van der Waals surface area (Å²) in [5, 5.41) is 59.5. The molecule has 8 aliphatic rings. The topological polar surface area (TPSA) is 255 Å². The van der Waals surface area contributed by atoms with Crippen LogP contribution in [0.25, 0.3) is 6.08 Å². The lowest BCUT2D eigenvalue weighted by molar-refractivity contribution is -0.356. The normalized spacial score (nSPS) is 48.6. The summed E-state index contributed by atoms with van der Waals surface area (Å²) in [6.07, 6.45) is -5.13. The summed E-state index contributed by atoms with van der Waals surface area (Å²) in [5.41, 5.74) is -6.29. The first kappa shape index (κ1) is 59.8. The maximum atomic E-state index is 13.6. The van der Waals surface area contributed by atoms with Crippen LogP contribution in [0, 0.1) is 16.7 Å². The number of fused-ring (bicyclic) bond motifs is 5. The van der Waals surface area contributed by atoms with Gasteiger partial charge in [0.05, 0.1) is 54.2 Å². The molecule has 4 saturated heterocycles. The van der Waals surface area contributed by atoms with E-state index in [4.69, 9.17) is 61.6 Å². The molecular formula is C58H86O20. The van der Waals surface area contributed by atoms with Gasteiger partial charge in [-0.15, -0.1) is 0 Å². The van der Waals surface area contributed by atoms with Gasteiger partial charge in [0.1, 0.15) is 59.5 Å². The van der Waals surface area contributed by atoms with Crippen molar-refractivity contribution in [1.29, 1.82) is 0 Å². The minimum absolute atomic E-state index is 0.0552. The third kappa shape index (κ3) is 10.5. The molecule has 25 atom stereocenters. The van der Waals surface area contributed by atoms with Crippen molar-refractivity contribution in [1.82, 2.24) is 0 Å². The van der Waals surface area contributed by atoms with Gasteiger partial charge >= 0.3 is 5.97 Å². The number of rotatable bonds is 16. The number of hydrogen-bond acceptors (Lipinski definition) is 20. The van der Waals surface area contributed by atoms with Gasteiger partial charge in [-0.1, -0.05) is 48.9 Å². The van der Waals surface area contributed by atoms with Crippen molar-refractivity contribution in [3.8, 4) is 0 Å². The van der Waals surface area contributed by atoms with Crippen molar-refractivity contribution in [3.05, 3.63) is 53.6 Å². The lowest BCUT2D eigenvalue weighted by Gasteiger charge is -2.67. The predicted octanol–water partition coefficient (Wildman–Crippen LogP) is 4.21. The molecule has 78 heavy (non-hydrogen) atoms. The predicted molar refractivity (Wildman–Crippen MR) is 277 cm³/mol. The third-order valence-electron chi connectivity index (χ3n) is 19.7. The van der Waals surface area contributed by atoms with E-state index in [2.05, 4.69) is 6.92 Å². The van der Waals surface area contributed by atoms with Gasteiger partial charge in [-0.2, -0.15) is 0 Å². The van der Waals surface area contributed by atoms with E-state index < -0.39 is 156 Å². The average molecular weight is 1100 g/mol. The Balaban J connectivity index is 0.810. The second kappa shape index (κ2) is 23.4. The molecule has 4 heterocycles. The Morgan fingerprint density at radius 3 is 1.74 bits per heavy atom. The molecule has 1 aromatic rings. The number of esters is 1. The molecule has 0 aromatic heterocycles. The molecule has 7 fully saturated rings. The molecule has 20 heteroatoms. The zero-order chi connectivity index (χ0) is 56.3. The first-order valence-electron chi connectivity index (χ1n) is 28.0. The first-order valence-corrected chi connectivity index (χ1v) is 28.0. The Hall–Kier alpha value is -2.84. The molecule has 438 valence electrons. The minimum atomic E-state index is -2.05. The number of ether oxygens (including phenoxy) is 13. The van der Waals surface area contributed by atoms with Gasteiger partial charge in [-0.3, -0.25) is 4.79 Å². The summed E-state index contributed by atoms with van der Waals surface area (Å²) in [5.74, 6) is -1.82. The minimum Gasteiger partial charge on any atom is -0.458 e. The highest BCUT2D eigenvalue weighted by Crippen LogP contribution is 2.71. The molecule has 5 N–H and O–H groups in total. The summed E-state index contributed by atoms with van der Waals surface area (Å²) in [6, 6.07) is 9.29. The molecule has 4 aliphatic carbocycles. The molecule has 4 aliphatic heterocycles. The van der Waals surface area contributed by atoms with Crippen LogP contribution < -0.4 is 0 Å². The molecule has 3 saturated carbocycles. The van der Waals surface area contributed by atoms with Crippen LogP contribution in [0.15, 0.2) is 48.1 Å². The summed E-state index contributed by atoms with van der Waals surface area (Å²) in [4.78, 5) is 27.0. The van der Waals surface area contributed by atoms with E-state index in [1.54, 1.807) is 41.3 Å². The molecule has 0 radical (unpaired) electrons. The molecule has 1 aromatic carbocycles. The Morgan fingerprint density at radius 2 is 1.21 bits per heavy atom. The quantitative estimate of drug-likeness (QED) is 0.0883. The summed E-state index contributed by atoms with van der Waals surface area (Å²) >= 11 is 0. The zero-order valence-corrected chi connectivity index (χ0v) is 47.1. The summed E-state index contributed by atoms with van der Waals surface area (Å²) < 4.78 is 81.0. The van der Waals surface area contributed by atoms with Crippen molar-refractivity contribution in [2.45, 2.75) is 246 Å². The van der Waals surface area contributed by atoms with Gasteiger partial charge in [0.15, 0.2) is 30.9 Å². The van der Waals surface area contributed by atoms with Crippen LogP contribution in [0.4, 0.5) is 0 Å². The van der Waals surface area contributed by atoms with Gasteiger partial charge in [0.25, 0.3) is 0 Å². The van der Waals surface area contributed by atoms with Crippen molar-refractivity contribution in [2.75, 3.05) is 28.4 Å². The molecule has 0 amide bonds. The van der Waals surface area contributed by atoms with Gasteiger partial charge in [-0.25, -0.2) is 4.79 Å². The number of hydrogen-bond donors (Lipinski definition) is 5. The van der Waals surface area contributed by atoms with Gasteiger partial charge in [-0.05, 0) is 104 Å². The number of methoxy groups -OCH3 is 4. The Bertz CT molecular complexity index is 2300. The van der Waals surface area contributed by atoms with Crippen LogP contribution in [-0.2, 0) is 71.2 Å². The van der Waals surface area contributed by atoms with Crippen LogP contribution in [0.5, 0.6) is 0 Å². The Morgan fingerprint density at radius 1 is 0.654 bits per heavy atom. The molecule has 0 bridgehead atoms. The smallest absolute Gasteiger partial charge is 0.331 e. The fourth-order valence-electron chi connectivity index (χ4n) is 15.0. The first-order chi connectivity index (χ1) is 37.0. The maximum absolute atomic E-state index is 13.6. The number of Topliss-reactive ketones (excluding diaryl/α,β-unsaturated/α-hetero) is 1. The maximum Gasteiger partial charge on any atom is 0.331 e. The zero-order valence-electron chi connectivity index (χ0n) is 47.1. The van der Waals surface area contributed by atoms with Gasteiger partial charge < -0.3 is 87.1 Å². The van der Waals surface area contributed by atoms with Crippen LogP contribution in [0.2, 0.25) is 0 Å². The Kier molecular flexibility index (Phi) is 18.0. The third-order valence-corrected chi connectivity index (χ3v) is 19.7. The van der Waals surface area contributed by atoms with Crippen LogP contribution in [0.3, 0.4) is 0 Å². The number of ketones is 1. The summed E-state index contributed by atoms with van der Waals surface area (Å²) in [7, 11) is 6.24. The largest absolute Gasteiger partial charge is 0.458 e. The molecule has 20 nitrogen and oxygen atoms in total. The second-order valence-electron chi connectivity index (χ2n) is 23.7. The average Bonchev–Trinajstić information content (AvgIpc) is 2.85. The van der Waals surface area contributed by atoms with Crippen molar-refractivity contribution >= 4 is 17.8 Å². The standard InChI is InChI=1S/C58H86O20/c1-30-47(61)52(69-11)48(62)53(73-30)78-51-33(4)72-46(28-40(51)68-10)77-50-32(3)71-45(27-39(50)67-9)76-49-31(2)70-44(26-38(49)66-8)74-37-20-21-54(6)36(25-37)19-22-57(64)41(54)29-42(75-43(60)18-17-35-15-13-12-14-16-35)55(7)56(63,34(5)59)23-24-58(55,57)65/h12-19,30-33,37-42,44-53,61-65H,20-29H2,1-11H3/t30-,31-,32-,33-,37+,38+,39+,40-,41-,42-,44+,45+,46+,47-,48-,49-,50-,51-,52+,53+,54+,55-,56-,57+,58-/m1/s1. The number of aliphatic hydroxyl groups excluding tert-OH is 2. The van der Waals surface area contributed by atoms with E-state index >= 15 is 0 Å². The lowest BCUT2D eigenvalue weighted by atomic mass is 9.42. The fourth-order valence-corrected chi connectivity index (χ4v) is 15.0. The molecule has 0 unspecified atom stereocenters. The van der Waals surface area contributed by atoms with E-state index in [1.165, 1.54) is 20.1 Å². The SMILES string of the molecule is CO[C@@H]1[C@@H](O)[C@H](O[C@@H]2[C@@H](C)O[C@@H](O[C@H]3[C@@H](OC)C[C@H](O[C@H]4[C@@H](OC)C[C@H](O[C@H]5CC[C@@]6(C)C(=CC[C@]7(O)[C@@H]6C[C@@H](OC(=O)C=Cc6ccccc6)[C@@]6(C)[C@]7(O)CC[C@@]6(O)C(C)=O)C5)O[C@@H]4C)O[C@@H]3C)C[C@H]2OC)O[C@H](C)[C@H]1O. The molecule has 0 spiro atoms. The Labute approximate surface area is 458 Å². The van der Waals surface area contributed by atoms with Gasteiger partial charge in [0, 0.05) is 59.7 Å². The highest BCUT2D eigenvalue weighted by Gasteiger charge is 2.81. The number of aliphatic hydroxyl groups is 5. The number of benzene rings is 1. The van der Waals surface area contributed by atoms with E-state index in [9.17, 15) is 35.1 Å². The van der Waals surface area contributed by atoms with Crippen molar-refractivity contribution in [3.63, 3.8) is 0 Å². The van der Waals surface area contributed by atoms with Crippen molar-refractivity contribution in [2.24, 2.45) is 16.7 Å². The monoisotopic (exact) mass is 1100 g/mol. The number of carbonyl (C=O) groups is 2. The van der Waals surface area contributed by atoms with Crippen LogP contribution >= 0.6 is 0 Å². The van der Waals surface area contributed by atoms with E-state index in [-0.39, 0.29) is 31.8 Å². The van der Waals surface area contributed by atoms with E-state index in [0.717, 1.165) is 11.1 Å². The van der Waals surface area contributed by atoms with Crippen LogP contribution in [0.1, 0.15) is 118 Å². The molecular weight excluding hydrogens is 1020 g/mol. The number of carbonyl (C=O) groups excluding carboxylic acids is 2.